The maximum absolute atomic E-state index is 4.12. The van der Waals surface area contributed by atoms with Gasteiger partial charge in [0.2, 0.25) is 0 Å². The number of aromatic amines is 1. The smallest absolute Gasteiger partial charge is 0.0537 e. The molecule has 2 aromatic heterocycles. The molecule has 0 saturated carbocycles. The highest BCUT2D eigenvalue weighted by Gasteiger charge is 2.25. The molecule has 17 heavy (non-hydrogen) atoms. The molecule has 2 N–H and O–H groups in total. The second-order valence-corrected chi connectivity index (χ2v) is 5.65. The van der Waals surface area contributed by atoms with Crippen molar-refractivity contribution in [2.75, 3.05) is 0 Å². The van der Waals surface area contributed by atoms with E-state index in [2.05, 4.69) is 40.0 Å². The molecule has 90 valence electrons. The van der Waals surface area contributed by atoms with Crippen LogP contribution in [-0.2, 0) is 0 Å². The lowest BCUT2D eigenvalue weighted by molar-refractivity contribution is 0.333. The molecule has 1 fully saturated rings. The van der Waals surface area contributed by atoms with Crippen molar-refractivity contribution in [1.82, 2.24) is 15.5 Å². The summed E-state index contributed by atoms with van der Waals surface area (Å²) in [4.78, 5) is 1.45. The monoisotopic (exact) mass is 247 g/mol. The first-order chi connectivity index (χ1) is 8.34. The van der Waals surface area contributed by atoms with Crippen molar-refractivity contribution in [2.45, 2.75) is 38.3 Å². The number of piperidine rings is 1. The van der Waals surface area contributed by atoms with Crippen LogP contribution >= 0.6 is 11.3 Å². The number of H-pyrrole nitrogens is 1. The van der Waals surface area contributed by atoms with Gasteiger partial charge in [0, 0.05) is 28.2 Å². The topological polar surface area (TPSA) is 40.7 Å². The Morgan fingerprint density at radius 3 is 2.94 bits per heavy atom. The van der Waals surface area contributed by atoms with Crippen LogP contribution in [-0.4, -0.2) is 10.2 Å². The van der Waals surface area contributed by atoms with E-state index in [0.717, 1.165) is 0 Å². The average molecular weight is 247 g/mol. The van der Waals surface area contributed by atoms with E-state index < -0.39 is 0 Å². The zero-order valence-corrected chi connectivity index (χ0v) is 10.8. The molecule has 0 aromatic carbocycles. The Labute approximate surface area is 105 Å². The van der Waals surface area contributed by atoms with Crippen LogP contribution in [0.15, 0.2) is 23.7 Å². The molecule has 1 unspecified atom stereocenters. The van der Waals surface area contributed by atoms with Gasteiger partial charge in [-0.2, -0.15) is 5.10 Å². The van der Waals surface area contributed by atoms with Gasteiger partial charge in [0.25, 0.3) is 0 Å². The summed E-state index contributed by atoms with van der Waals surface area (Å²) in [5, 5.41) is 13.1. The van der Waals surface area contributed by atoms with Gasteiger partial charge < -0.3 is 5.32 Å². The first kappa shape index (κ1) is 11.0. The summed E-state index contributed by atoms with van der Waals surface area (Å²) >= 11 is 1.85. The fourth-order valence-corrected chi connectivity index (χ4v) is 3.43. The van der Waals surface area contributed by atoms with Crippen molar-refractivity contribution in [3.63, 3.8) is 0 Å². The van der Waals surface area contributed by atoms with Gasteiger partial charge in [-0.1, -0.05) is 6.07 Å². The van der Waals surface area contributed by atoms with Gasteiger partial charge in [-0.05, 0) is 37.6 Å². The van der Waals surface area contributed by atoms with Gasteiger partial charge in [0.05, 0.1) is 6.20 Å². The maximum Gasteiger partial charge on any atom is 0.0537 e. The summed E-state index contributed by atoms with van der Waals surface area (Å²) in [6.45, 7) is 2.10. The second-order valence-electron chi connectivity index (χ2n) is 4.67. The Kier molecular flexibility index (Phi) is 2.99. The lowest BCUT2D eigenvalue weighted by Crippen LogP contribution is -2.30. The summed E-state index contributed by atoms with van der Waals surface area (Å²) in [6, 6.07) is 5.33. The van der Waals surface area contributed by atoms with Crippen molar-refractivity contribution < 1.29 is 0 Å². The number of thiophene rings is 1. The minimum atomic E-state index is 0.453. The van der Waals surface area contributed by atoms with Crippen LogP contribution in [0.3, 0.4) is 0 Å². The molecule has 0 spiro atoms. The van der Waals surface area contributed by atoms with E-state index in [1.807, 2.05) is 17.5 Å². The van der Waals surface area contributed by atoms with Crippen LogP contribution in [0.5, 0.6) is 0 Å². The summed E-state index contributed by atoms with van der Waals surface area (Å²) < 4.78 is 0. The van der Waals surface area contributed by atoms with Crippen molar-refractivity contribution in [1.29, 1.82) is 0 Å². The fourth-order valence-electron chi connectivity index (χ4n) is 2.61. The molecule has 3 heterocycles. The van der Waals surface area contributed by atoms with Gasteiger partial charge in [-0.15, -0.1) is 11.3 Å². The number of aryl methyl sites for hydroxylation is 1. The molecule has 0 radical (unpaired) electrons. The Balaban J connectivity index is 1.78. The molecular weight excluding hydrogens is 230 g/mol. The molecule has 0 bridgehead atoms. The Hall–Kier alpha value is -1.13. The Morgan fingerprint density at radius 2 is 2.24 bits per heavy atom. The molecule has 2 aromatic rings. The van der Waals surface area contributed by atoms with Crippen LogP contribution in [0.1, 0.15) is 47.5 Å². The van der Waals surface area contributed by atoms with Gasteiger partial charge >= 0.3 is 0 Å². The van der Waals surface area contributed by atoms with Crippen LogP contribution < -0.4 is 5.32 Å². The number of hydrogen-bond acceptors (Lipinski definition) is 3. The molecule has 1 aliphatic rings. The van der Waals surface area contributed by atoms with E-state index in [1.165, 1.54) is 35.4 Å². The van der Waals surface area contributed by atoms with Crippen molar-refractivity contribution in [3.05, 3.63) is 39.8 Å². The lowest BCUT2D eigenvalue weighted by atomic mass is 9.93. The first-order valence-electron chi connectivity index (χ1n) is 6.14. The molecule has 1 saturated heterocycles. The predicted molar refractivity (Wildman–Crippen MR) is 70.1 cm³/mol. The van der Waals surface area contributed by atoms with Crippen LogP contribution in [0.4, 0.5) is 0 Å². The molecule has 2 atom stereocenters. The number of nitrogens with zero attached hydrogens (tertiary/aromatic N) is 1. The number of hydrogen-bond donors (Lipinski definition) is 2. The third-order valence-electron chi connectivity index (χ3n) is 3.52. The zero-order valence-electron chi connectivity index (χ0n) is 9.94. The quantitative estimate of drug-likeness (QED) is 0.854. The maximum atomic E-state index is 4.12. The summed E-state index contributed by atoms with van der Waals surface area (Å²) in [5.74, 6) is 0. The van der Waals surface area contributed by atoms with Crippen molar-refractivity contribution in [2.24, 2.45) is 0 Å². The van der Waals surface area contributed by atoms with Gasteiger partial charge in [0.15, 0.2) is 0 Å². The van der Waals surface area contributed by atoms with E-state index in [0.29, 0.717) is 12.1 Å². The fraction of sp³-hybridized carbons (Fsp3) is 0.462. The molecule has 4 heteroatoms. The SMILES string of the molecule is Cc1[nH]ncc1C1CCC[C@@H](c2cccs2)N1. The van der Waals surface area contributed by atoms with E-state index in [-0.39, 0.29) is 0 Å². The molecule has 1 aliphatic heterocycles. The van der Waals surface area contributed by atoms with Crippen molar-refractivity contribution in [3.8, 4) is 0 Å². The molecule has 0 aliphatic carbocycles. The number of nitrogens with one attached hydrogen (secondary N) is 2. The van der Waals surface area contributed by atoms with Gasteiger partial charge in [0.1, 0.15) is 0 Å². The number of aromatic nitrogens is 2. The van der Waals surface area contributed by atoms with Gasteiger partial charge in [-0.25, -0.2) is 0 Å². The Bertz CT molecular complexity index is 475. The van der Waals surface area contributed by atoms with Crippen LogP contribution in [0.25, 0.3) is 0 Å². The van der Waals surface area contributed by atoms with Gasteiger partial charge in [-0.3, -0.25) is 5.10 Å². The van der Waals surface area contributed by atoms with Crippen molar-refractivity contribution >= 4 is 11.3 Å². The highest BCUT2D eigenvalue weighted by atomic mass is 32.1. The minimum absolute atomic E-state index is 0.453. The molecule has 3 nitrogen and oxygen atoms in total. The minimum Gasteiger partial charge on any atom is -0.302 e. The highest BCUT2D eigenvalue weighted by molar-refractivity contribution is 7.10. The third kappa shape index (κ3) is 2.15. The summed E-state index contributed by atoms with van der Waals surface area (Å²) in [6.07, 6.45) is 5.70. The first-order valence-corrected chi connectivity index (χ1v) is 7.02. The average Bonchev–Trinajstić information content (AvgIpc) is 2.99. The van der Waals surface area contributed by atoms with E-state index >= 15 is 0 Å². The molecule has 0 amide bonds. The van der Waals surface area contributed by atoms with Crippen LogP contribution in [0.2, 0.25) is 0 Å². The summed E-state index contributed by atoms with van der Waals surface area (Å²) in [7, 11) is 0. The van der Waals surface area contributed by atoms with E-state index in [9.17, 15) is 0 Å². The molecule has 3 rings (SSSR count). The zero-order chi connectivity index (χ0) is 11.7. The highest BCUT2D eigenvalue weighted by Crippen LogP contribution is 2.34. The Morgan fingerprint density at radius 1 is 1.35 bits per heavy atom. The predicted octanol–water partition coefficient (Wildman–Crippen LogP) is 3.34. The second kappa shape index (κ2) is 4.63. The molecular formula is C13H17N3S. The third-order valence-corrected chi connectivity index (χ3v) is 4.50. The normalized spacial score (nSPS) is 25.0. The van der Waals surface area contributed by atoms with E-state index in [4.69, 9.17) is 0 Å². The lowest BCUT2D eigenvalue weighted by Gasteiger charge is -2.30. The largest absolute Gasteiger partial charge is 0.302 e. The standard InChI is InChI=1S/C13H17N3S/c1-9-10(8-14-16-9)11-4-2-5-12(15-11)13-6-3-7-17-13/h3,6-8,11-12,15H,2,4-5H2,1H3,(H,14,16)/t11?,12-/m0/s1. The summed E-state index contributed by atoms with van der Waals surface area (Å²) in [5.41, 5.74) is 2.51. The van der Waals surface area contributed by atoms with E-state index in [1.54, 1.807) is 0 Å². The number of rotatable bonds is 2. The van der Waals surface area contributed by atoms with Crippen LogP contribution in [0, 0.1) is 6.92 Å².